The van der Waals surface area contributed by atoms with E-state index in [0.717, 1.165) is 5.56 Å². The fraction of sp³-hybridized carbons (Fsp3) is 0.273. The number of thiocarbonyl (C=S) groups is 1. The first-order valence-corrected chi connectivity index (χ1v) is 5.71. The number of hydrogen-bond acceptors (Lipinski definition) is 4. The van der Waals surface area contributed by atoms with E-state index >= 15 is 0 Å². The van der Waals surface area contributed by atoms with Gasteiger partial charge in [-0.2, -0.15) is 4.80 Å². The van der Waals surface area contributed by atoms with Gasteiger partial charge in [-0.3, -0.25) is 0 Å². The summed E-state index contributed by atoms with van der Waals surface area (Å²) in [6.45, 7) is 1.95. The molecule has 0 aliphatic rings. The Hall–Kier alpha value is -1.82. The van der Waals surface area contributed by atoms with Gasteiger partial charge < -0.3 is 5.73 Å². The third kappa shape index (κ3) is 2.85. The van der Waals surface area contributed by atoms with E-state index in [9.17, 15) is 0 Å². The first kappa shape index (κ1) is 11.7. The van der Waals surface area contributed by atoms with Crippen molar-refractivity contribution in [2.24, 2.45) is 5.73 Å². The van der Waals surface area contributed by atoms with Crippen LogP contribution >= 0.6 is 12.2 Å². The zero-order chi connectivity index (χ0) is 12.3. The van der Waals surface area contributed by atoms with Crippen LogP contribution in [0.15, 0.2) is 30.3 Å². The number of aromatic nitrogens is 4. The molecule has 0 saturated carbocycles. The van der Waals surface area contributed by atoms with Crippen molar-refractivity contribution >= 4 is 17.2 Å². The van der Waals surface area contributed by atoms with Crippen LogP contribution in [-0.4, -0.2) is 25.2 Å². The summed E-state index contributed by atoms with van der Waals surface area (Å²) in [6.07, 6.45) is 0.569. The van der Waals surface area contributed by atoms with Crippen LogP contribution in [0.1, 0.15) is 19.4 Å². The van der Waals surface area contributed by atoms with Gasteiger partial charge in [0.1, 0.15) is 0 Å². The lowest BCUT2D eigenvalue weighted by Gasteiger charge is -2.07. The molecule has 2 N–H and O–H groups in total. The molecule has 0 aliphatic carbocycles. The Morgan fingerprint density at radius 1 is 1.41 bits per heavy atom. The van der Waals surface area contributed by atoms with Crippen LogP contribution in [-0.2, 0) is 0 Å². The van der Waals surface area contributed by atoms with Crippen molar-refractivity contribution in [3.05, 3.63) is 30.3 Å². The fourth-order valence-corrected chi connectivity index (χ4v) is 1.73. The van der Waals surface area contributed by atoms with Crippen molar-refractivity contribution < 1.29 is 0 Å². The minimum Gasteiger partial charge on any atom is -0.393 e. The van der Waals surface area contributed by atoms with Gasteiger partial charge >= 0.3 is 0 Å². The standard InChI is InChI=1S/C11H13N5S/c1-8(7-10(12)17)16-14-11(13-15-16)9-5-3-2-4-6-9/h2-6,8H,7H2,1H3,(H2,12,17). The molecule has 5 nitrogen and oxygen atoms in total. The van der Waals surface area contributed by atoms with Crippen molar-refractivity contribution in [2.75, 3.05) is 0 Å². The summed E-state index contributed by atoms with van der Waals surface area (Å²) < 4.78 is 0. The average Bonchev–Trinajstić information content (AvgIpc) is 2.78. The summed E-state index contributed by atoms with van der Waals surface area (Å²) >= 11 is 4.86. The molecule has 0 fully saturated rings. The highest BCUT2D eigenvalue weighted by atomic mass is 32.1. The Kier molecular flexibility index (Phi) is 3.43. The second-order valence-corrected chi connectivity index (χ2v) is 4.34. The number of tetrazole rings is 1. The largest absolute Gasteiger partial charge is 0.393 e. The minimum atomic E-state index is 0.0254. The highest BCUT2D eigenvalue weighted by Crippen LogP contribution is 2.14. The molecule has 2 rings (SSSR count). The maximum Gasteiger partial charge on any atom is 0.204 e. The second kappa shape index (κ2) is 5.01. The topological polar surface area (TPSA) is 69.6 Å². The van der Waals surface area contributed by atoms with E-state index in [4.69, 9.17) is 18.0 Å². The maximum absolute atomic E-state index is 5.49. The van der Waals surface area contributed by atoms with E-state index in [1.54, 1.807) is 4.80 Å². The monoisotopic (exact) mass is 247 g/mol. The lowest BCUT2D eigenvalue weighted by molar-refractivity contribution is 0.436. The smallest absolute Gasteiger partial charge is 0.204 e. The fourth-order valence-electron chi connectivity index (χ4n) is 1.49. The number of benzene rings is 1. The third-order valence-corrected chi connectivity index (χ3v) is 2.52. The van der Waals surface area contributed by atoms with Crippen molar-refractivity contribution in [1.29, 1.82) is 0 Å². The van der Waals surface area contributed by atoms with Crippen LogP contribution in [0, 0.1) is 0 Å². The van der Waals surface area contributed by atoms with Gasteiger partial charge in [-0.15, -0.1) is 10.2 Å². The predicted molar refractivity (Wildman–Crippen MR) is 69.4 cm³/mol. The van der Waals surface area contributed by atoms with E-state index in [0.29, 0.717) is 17.2 Å². The van der Waals surface area contributed by atoms with Crippen LogP contribution in [0.2, 0.25) is 0 Å². The Morgan fingerprint density at radius 3 is 2.76 bits per heavy atom. The zero-order valence-corrected chi connectivity index (χ0v) is 10.3. The third-order valence-electron chi connectivity index (χ3n) is 2.35. The molecule has 2 aromatic rings. The number of hydrogen-bond donors (Lipinski definition) is 1. The van der Waals surface area contributed by atoms with Gasteiger partial charge in [0.2, 0.25) is 5.82 Å². The SMILES string of the molecule is CC(CC(N)=S)n1nnc(-c2ccccc2)n1. The second-order valence-electron chi connectivity index (χ2n) is 3.82. The number of nitrogens with zero attached hydrogens (tertiary/aromatic N) is 4. The lowest BCUT2D eigenvalue weighted by Crippen LogP contribution is -2.17. The number of nitrogens with two attached hydrogens (primary N) is 1. The molecule has 0 aliphatic heterocycles. The van der Waals surface area contributed by atoms with Crippen molar-refractivity contribution in [3.8, 4) is 11.4 Å². The Morgan fingerprint density at radius 2 is 2.12 bits per heavy atom. The quantitative estimate of drug-likeness (QED) is 0.831. The molecule has 1 heterocycles. The molecule has 1 atom stereocenters. The van der Waals surface area contributed by atoms with Gasteiger partial charge in [0.25, 0.3) is 0 Å². The van der Waals surface area contributed by atoms with E-state index < -0.39 is 0 Å². The molecule has 1 unspecified atom stereocenters. The first-order valence-electron chi connectivity index (χ1n) is 5.30. The van der Waals surface area contributed by atoms with E-state index in [1.807, 2.05) is 37.3 Å². The molecular formula is C11H13N5S. The summed E-state index contributed by atoms with van der Waals surface area (Å²) in [5.41, 5.74) is 6.44. The minimum absolute atomic E-state index is 0.0254. The van der Waals surface area contributed by atoms with E-state index in [2.05, 4.69) is 15.4 Å². The average molecular weight is 247 g/mol. The normalized spacial score (nSPS) is 12.3. The maximum atomic E-state index is 5.49. The highest BCUT2D eigenvalue weighted by Gasteiger charge is 2.11. The van der Waals surface area contributed by atoms with Crippen LogP contribution in [0.3, 0.4) is 0 Å². The molecule has 88 valence electrons. The van der Waals surface area contributed by atoms with Crippen molar-refractivity contribution in [3.63, 3.8) is 0 Å². The molecule has 0 radical (unpaired) electrons. The highest BCUT2D eigenvalue weighted by molar-refractivity contribution is 7.80. The summed E-state index contributed by atoms with van der Waals surface area (Å²) in [5.74, 6) is 0.611. The number of rotatable bonds is 4. The van der Waals surface area contributed by atoms with Crippen LogP contribution in [0.5, 0.6) is 0 Å². The summed E-state index contributed by atoms with van der Waals surface area (Å²) in [4.78, 5) is 2.00. The molecule has 0 spiro atoms. The van der Waals surface area contributed by atoms with Crippen LogP contribution in [0.4, 0.5) is 0 Å². The first-order chi connectivity index (χ1) is 8.16. The molecule has 0 bridgehead atoms. The summed E-state index contributed by atoms with van der Waals surface area (Å²) in [6, 6.07) is 9.74. The van der Waals surface area contributed by atoms with E-state index in [1.165, 1.54) is 0 Å². The zero-order valence-electron chi connectivity index (χ0n) is 9.45. The van der Waals surface area contributed by atoms with Gasteiger partial charge in [0.15, 0.2) is 0 Å². The summed E-state index contributed by atoms with van der Waals surface area (Å²) in [5, 5.41) is 12.3. The van der Waals surface area contributed by atoms with Crippen LogP contribution < -0.4 is 5.73 Å². The molecule has 6 heteroatoms. The van der Waals surface area contributed by atoms with Crippen molar-refractivity contribution in [2.45, 2.75) is 19.4 Å². The molecule has 1 aromatic carbocycles. The Labute approximate surface area is 105 Å². The molecule has 1 aromatic heterocycles. The predicted octanol–water partition coefficient (Wildman–Crippen LogP) is 1.58. The lowest BCUT2D eigenvalue weighted by atomic mass is 10.2. The Bertz CT molecular complexity index is 508. The molecular weight excluding hydrogens is 234 g/mol. The van der Waals surface area contributed by atoms with Gasteiger partial charge in [-0.25, -0.2) is 0 Å². The van der Waals surface area contributed by atoms with Gasteiger partial charge in [-0.05, 0) is 12.1 Å². The van der Waals surface area contributed by atoms with Gasteiger partial charge in [0, 0.05) is 12.0 Å². The van der Waals surface area contributed by atoms with Crippen molar-refractivity contribution in [1.82, 2.24) is 20.2 Å². The molecule has 17 heavy (non-hydrogen) atoms. The van der Waals surface area contributed by atoms with Gasteiger partial charge in [-0.1, -0.05) is 42.5 Å². The molecule has 0 saturated heterocycles. The van der Waals surface area contributed by atoms with Crippen LogP contribution in [0.25, 0.3) is 11.4 Å². The molecule has 0 amide bonds. The summed E-state index contributed by atoms with van der Waals surface area (Å²) in [7, 11) is 0. The van der Waals surface area contributed by atoms with Gasteiger partial charge in [0.05, 0.1) is 11.0 Å². The van der Waals surface area contributed by atoms with E-state index in [-0.39, 0.29) is 6.04 Å². The Balaban J connectivity index is 2.19.